The van der Waals surface area contributed by atoms with Crippen molar-refractivity contribution in [1.29, 1.82) is 0 Å². The molecule has 1 N–H and O–H groups in total. The molecule has 2 aromatic rings. The van der Waals surface area contributed by atoms with E-state index in [1.54, 1.807) is 0 Å². The zero-order chi connectivity index (χ0) is 14.2. The van der Waals surface area contributed by atoms with E-state index in [-0.39, 0.29) is 5.91 Å². The molecule has 0 saturated heterocycles. The Morgan fingerprint density at radius 1 is 1.00 bits per heavy atom. The van der Waals surface area contributed by atoms with E-state index in [1.165, 1.54) is 29.2 Å². The topological polar surface area (TPSA) is 29.1 Å². The smallest absolute Gasteiger partial charge is 0.220 e. The van der Waals surface area contributed by atoms with E-state index in [0.717, 1.165) is 12.8 Å². The van der Waals surface area contributed by atoms with Gasteiger partial charge in [-0.15, -0.1) is 0 Å². The summed E-state index contributed by atoms with van der Waals surface area (Å²) in [7, 11) is 0. The lowest BCUT2D eigenvalue weighted by molar-refractivity contribution is -0.121. The number of hydrogen-bond donors (Lipinski definition) is 1. The average molecular weight is 269 g/mol. The maximum atomic E-state index is 11.8. The highest BCUT2D eigenvalue weighted by Gasteiger charge is 2.03. The first kappa shape index (κ1) is 14.6. The molecule has 106 valence electrons. The first-order valence-electron chi connectivity index (χ1n) is 7.54. The molecule has 0 aliphatic carbocycles. The van der Waals surface area contributed by atoms with Crippen LogP contribution in [0.1, 0.15) is 44.6 Å². The Morgan fingerprint density at radius 3 is 2.65 bits per heavy atom. The normalized spacial score (nSPS) is 10.7. The monoisotopic (exact) mass is 269 g/mol. The van der Waals surface area contributed by atoms with Crippen molar-refractivity contribution in [3.8, 4) is 0 Å². The van der Waals surface area contributed by atoms with E-state index in [9.17, 15) is 4.79 Å². The Bertz CT molecular complexity index is 557. The van der Waals surface area contributed by atoms with Crippen LogP contribution >= 0.6 is 0 Å². The Morgan fingerprint density at radius 2 is 1.80 bits per heavy atom. The summed E-state index contributed by atoms with van der Waals surface area (Å²) in [5.74, 6) is 0.161. The molecular weight excluding hydrogens is 246 g/mol. The first-order chi connectivity index (χ1) is 9.81. The van der Waals surface area contributed by atoms with Crippen LogP contribution in [-0.4, -0.2) is 5.91 Å². The molecule has 0 spiro atoms. The lowest BCUT2D eigenvalue weighted by atomic mass is 10.0. The van der Waals surface area contributed by atoms with Crippen molar-refractivity contribution >= 4 is 16.7 Å². The van der Waals surface area contributed by atoms with Crippen LogP contribution in [0.15, 0.2) is 42.5 Å². The van der Waals surface area contributed by atoms with Gasteiger partial charge >= 0.3 is 0 Å². The third-order valence-corrected chi connectivity index (χ3v) is 3.61. The van der Waals surface area contributed by atoms with Crippen molar-refractivity contribution in [1.82, 2.24) is 5.32 Å². The van der Waals surface area contributed by atoms with Crippen molar-refractivity contribution in [2.24, 2.45) is 0 Å². The first-order valence-corrected chi connectivity index (χ1v) is 7.54. The lowest BCUT2D eigenvalue weighted by Gasteiger charge is -2.08. The van der Waals surface area contributed by atoms with Crippen LogP contribution in [0.5, 0.6) is 0 Å². The van der Waals surface area contributed by atoms with Crippen LogP contribution in [0.2, 0.25) is 0 Å². The number of nitrogens with one attached hydrogen (secondary N) is 1. The molecule has 0 radical (unpaired) electrons. The van der Waals surface area contributed by atoms with Crippen LogP contribution in [0, 0.1) is 0 Å². The van der Waals surface area contributed by atoms with E-state index in [1.807, 2.05) is 18.2 Å². The second-order valence-corrected chi connectivity index (χ2v) is 5.23. The van der Waals surface area contributed by atoms with Gasteiger partial charge in [0.1, 0.15) is 0 Å². The van der Waals surface area contributed by atoms with Gasteiger partial charge in [-0.1, -0.05) is 68.7 Å². The third kappa shape index (κ3) is 4.09. The quantitative estimate of drug-likeness (QED) is 0.740. The van der Waals surface area contributed by atoms with Gasteiger partial charge in [0.05, 0.1) is 0 Å². The minimum absolute atomic E-state index is 0.161. The lowest BCUT2D eigenvalue weighted by Crippen LogP contribution is -2.22. The summed E-state index contributed by atoms with van der Waals surface area (Å²) in [6, 6.07) is 14.5. The van der Waals surface area contributed by atoms with Crippen molar-refractivity contribution in [2.75, 3.05) is 0 Å². The van der Waals surface area contributed by atoms with E-state index < -0.39 is 0 Å². The molecule has 0 saturated carbocycles. The highest BCUT2D eigenvalue weighted by molar-refractivity contribution is 5.86. The summed E-state index contributed by atoms with van der Waals surface area (Å²) in [5.41, 5.74) is 1.19. The highest BCUT2D eigenvalue weighted by atomic mass is 16.1. The zero-order valence-corrected chi connectivity index (χ0v) is 12.2. The molecule has 0 aromatic heterocycles. The largest absolute Gasteiger partial charge is 0.352 e. The fourth-order valence-corrected chi connectivity index (χ4v) is 2.44. The number of carbonyl (C=O) groups is 1. The molecule has 0 unspecified atom stereocenters. The van der Waals surface area contributed by atoms with Crippen molar-refractivity contribution in [3.63, 3.8) is 0 Å². The number of benzene rings is 2. The van der Waals surface area contributed by atoms with Gasteiger partial charge in [0.2, 0.25) is 5.91 Å². The Kier molecular flexibility index (Phi) is 5.60. The van der Waals surface area contributed by atoms with E-state index >= 15 is 0 Å². The highest BCUT2D eigenvalue weighted by Crippen LogP contribution is 2.18. The fourth-order valence-electron chi connectivity index (χ4n) is 2.44. The van der Waals surface area contributed by atoms with Crippen molar-refractivity contribution in [3.05, 3.63) is 48.0 Å². The van der Waals surface area contributed by atoms with Gasteiger partial charge in [0, 0.05) is 13.0 Å². The molecule has 0 aliphatic heterocycles. The maximum Gasteiger partial charge on any atom is 0.220 e. The third-order valence-electron chi connectivity index (χ3n) is 3.61. The summed E-state index contributed by atoms with van der Waals surface area (Å²) in [6.07, 6.45) is 5.21. The van der Waals surface area contributed by atoms with Gasteiger partial charge in [-0.25, -0.2) is 0 Å². The molecule has 2 heteroatoms. The molecule has 0 fully saturated rings. The fraction of sp³-hybridized carbons (Fsp3) is 0.389. The van der Waals surface area contributed by atoms with Gasteiger partial charge < -0.3 is 5.32 Å². The van der Waals surface area contributed by atoms with Gasteiger partial charge in [-0.2, -0.15) is 0 Å². The van der Waals surface area contributed by atoms with Gasteiger partial charge in [0.15, 0.2) is 0 Å². The molecule has 0 aliphatic rings. The summed E-state index contributed by atoms with van der Waals surface area (Å²) in [4.78, 5) is 11.8. The van der Waals surface area contributed by atoms with Gasteiger partial charge in [-0.05, 0) is 22.8 Å². The number of amides is 1. The standard InChI is InChI=1S/C18H23NO/c1-2-3-4-5-13-18(20)19-14-16-11-8-10-15-9-6-7-12-17(15)16/h6-12H,2-5,13-14H2,1H3,(H,19,20). The second-order valence-electron chi connectivity index (χ2n) is 5.23. The molecular formula is C18H23NO. The van der Waals surface area contributed by atoms with Crippen LogP contribution in [0.25, 0.3) is 10.8 Å². The van der Waals surface area contributed by atoms with Crippen LogP contribution < -0.4 is 5.32 Å². The molecule has 0 bridgehead atoms. The van der Waals surface area contributed by atoms with E-state index in [4.69, 9.17) is 0 Å². The molecule has 2 nitrogen and oxygen atoms in total. The van der Waals surface area contributed by atoms with Crippen LogP contribution in [0.3, 0.4) is 0 Å². The summed E-state index contributed by atoms with van der Waals surface area (Å²) in [6.45, 7) is 2.80. The minimum atomic E-state index is 0.161. The maximum absolute atomic E-state index is 11.8. The van der Waals surface area contributed by atoms with Crippen LogP contribution in [0.4, 0.5) is 0 Å². The van der Waals surface area contributed by atoms with Gasteiger partial charge in [-0.3, -0.25) is 4.79 Å². The van der Waals surface area contributed by atoms with Crippen molar-refractivity contribution < 1.29 is 4.79 Å². The molecule has 0 atom stereocenters. The minimum Gasteiger partial charge on any atom is -0.352 e. The summed E-state index contributed by atoms with van der Waals surface area (Å²) >= 11 is 0. The number of carbonyl (C=O) groups excluding carboxylic acids is 1. The molecule has 0 heterocycles. The Hall–Kier alpha value is -1.83. The number of fused-ring (bicyclic) bond motifs is 1. The average Bonchev–Trinajstić information content (AvgIpc) is 2.49. The number of unbranched alkanes of at least 4 members (excludes halogenated alkanes) is 3. The summed E-state index contributed by atoms with van der Waals surface area (Å²) < 4.78 is 0. The predicted molar refractivity (Wildman–Crippen MR) is 84.6 cm³/mol. The van der Waals surface area contributed by atoms with E-state index in [0.29, 0.717) is 13.0 Å². The van der Waals surface area contributed by atoms with Gasteiger partial charge in [0.25, 0.3) is 0 Å². The zero-order valence-electron chi connectivity index (χ0n) is 12.2. The summed E-state index contributed by atoms with van der Waals surface area (Å²) in [5, 5.41) is 5.48. The molecule has 20 heavy (non-hydrogen) atoms. The second kappa shape index (κ2) is 7.68. The Balaban J connectivity index is 1.88. The predicted octanol–water partition coefficient (Wildman–Crippen LogP) is 4.43. The van der Waals surface area contributed by atoms with Crippen molar-refractivity contribution in [2.45, 2.75) is 45.6 Å². The SMILES string of the molecule is CCCCCCC(=O)NCc1cccc2ccccc12. The number of hydrogen-bond acceptors (Lipinski definition) is 1. The number of rotatable bonds is 7. The Labute approximate surface area is 121 Å². The molecule has 2 aromatic carbocycles. The molecule has 2 rings (SSSR count). The van der Waals surface area contributed by atoms with E-state index in [2.05, 4.69) is 36.5 Å². The molecule has 1 amide bonds. The van der Waals surface area contributed by atoms with Crippen LogP contribution in [-0.2, 0) is 11.3 Å².